The lowest BCUT2D eigenvalue weighted by Gasteiger charge is -2.24. The first-order valence-electron chi connectivity index (χ1n) is 4.66. The van der Waals surface area contributed by atoms with E-state index < -0.39 is 0 Å². The Bertz CT molecular complexity index is 150. The van der Waals surface area contributed by atoms with Crippen LogP contribution < -0.4 is 5.32 Å². The third-order valence-corrected chi connectivity index (χ3v) is 2.45. The lowest BCUT2D eigenvalue weighted by atomic mass is 10.0. The molecule has 1 aliphatic heterocycles. The second-order valence-electron chi connectivity index (χ2n) is 3.81. The summed E-state index contributed by atoms with van der Waals surface area (Å²) in [5.41, 5.74) is 0.0667. The molecular weight excluding hydrogens is 150 g/mol. The Balaban J connectivity index is 2.25. The van der Waals surface area contributed by atoms with Gasteiger partial charge in [0.2, 0.25) is 0 Å². The molecule has 0 bridgehead atoms. The van der Waals surface area contributed by atoms with E-state index in [1.165, 1.54) is 12.8 Å². The van der Waals surface area contributed by atoms with Crippen molar-refractivity contribution >= 4 is 0 Å². The maximum atomic E-state index is 5.64. The first kappa shape index (κ1) is 9.75. The van der Waals surface area contributed by atoms with Crippen molar-refractivity contribution in [2.24, 2.45) is 0 Å². The smallest absolute Gasteiger partial charge is 0.0779 e. The molecule has 1 aliphatic rings. The first-order chi connectivity index (χ1) is 5.66. The van der Waals surface area contributed by atoms with Crippen LogP contribution in [0.2, 0.25) is 0 Å². The van der Waals surface area contributed by atoms with Gasteiger partial charge in [0.05, 0.1) is 5.60 Å². The molecule has 0 aromatic carbocycles. The zero-order valence-electron chi connectivity index (χ0n) is 8.10. The Kier molecular flexibility index (Phi) is 3.29. The number of nitrogens with one attached hydrogen (secondary N) is 1. The van der Waals surface area contributed by atoms with Crippen LogP contribution >= 0.6 is 0 Å². The maximum absolute atomic E-state index is 5.64. The molecule has 0 amide bonds. The van der Waals surface area contributed by atoms with Crippen LogP contribution in [0, 0.1) is 0 Å². The van der Waals surface area contributed by atoms with E-state index in [0.29, 0.717) is 6.04 Å². The van der Waals surface area contributed by atoms with Crippen molar-refractivity contribution in [2.75, 3.05) is 13.2 Å². The van der Waals surface area contributed by atoms with Crippen molar-refractivity contribution in [3.63, 3.8) is 0 Å². The van der Waals surface area contributed by atoms with Crippen LogP contribution in [-0.4, -0.2) is 24.8 Å². The Labute approximate surface area is 75.0 Å². The van der Waals surface area contributed by atoms with Crippen molar-refractivity contribution in [3.8, 4) is 0 Å². The molecule has 1 N–H and O–H groups in total. The van der Waals surface area contributed by atoms with Crippen LogP contribution in [0.5, 0.6) is 0 Å². The normalized spacial score (nSPS) is 31.8. The summed E-state index contributed by atoms with van der Waals surface area (Å²) < 4.78 is 5.64. The summed E-state index contributed by atoms with van der Waals surface area (Å²) in [5.74, 6) is 0. The van der Waals surface area contributed by atoms with Crippen LogP contribution in [0.4, 0.5) is 0 Å². The van der Waals surface area contributed by atoms with E-state index in [-0.39, 0.29) is 5.60 Å². The lowest BCUT2D eigenvalue weighted by molar-refractivity contribution is 0.0200. The summed E-state index contributed by atoms with van der Waals surface area (Å²) in [7, 11) is 0. The largest absolute Gasteiger partial charge is 0.374 e. The first-order valence-corrected chi connectivity index (χ1v) is 4.66. The van der Waals surface area contributed by atoms with Gasteiger partial charge in [0.15, 0.2) is 0 Å². The van der Waals surface area contributed by atoms with Crippen molar-refractivity contribution in [2.45, 2.75) is 38.3 Å². The molecule has 2 heteroatoms. The molecule has 2 nitrogen and oxygen atoms in total. The molecular formula is C10H19NO. The van der Waals surface area contributed by atoms with Crippen molar-refractivity contribution in [1.29, 1.82) is 0 Å². The second-order valence-corrected chi connectivity index (χ2v) is 3.81. The average Bonchev–Trinajstić information content (AvgIpc) is 2.49. The van der Waals surface area contributed by atoms with Gasteiger partial charge in [-0.1, -0.05) is 6.08 Å². The van der Waals surface area contributed by atoms with Gasteiger partial charge in [-0.25, -0.2) is 0 Å². The molecule has 12 heavy (non-hydrogen) atoms. The third kappa shape index (κ3) is 2.61. The summed E-state index contributed by atoms with van der Waals surface area (Å²) in [6.45, 7) is 9.85. The van der Waals surface area contributed by atoms with Crippen LogP contribution in [-0.2, 0) is 4.74 Å². The molecule has 0 aliphatic carbocycles. The van der Waals surface area contributed by atoms with E-state index >= 15 is 0 Å². The number of hydrogen-bond acceptors (Lipinski definition) is 2. The highest BCUT2D eigenvalue weighted by atomic mass is 16.5. The zero-order chi connectivity index (χ0) is 9.03. The quantitative estimate of drug-likeness (QED) is 0.647. The minimum atomic E-state index is 0.0667. The van der Waals surface area contributed by atoms with Crippen molar-refractivity contribution in [1.82, 2.24) is 5.32 Å². The molecule has 1 rings (SSSR count). The highest BCUT2D eigenvalue weighted by Gasteiger charge is 2.29. The molecule has 2 atom stereocenters. The maximum Gasteiger partial charge on any atom is 0.0779 e. The summed E-state index contributed by atoms with van der Waals surface area (Å²) in [6.07, 6.45) is 4.28. The number of rotatable bonds is 4. The van der Waals surface area contributed by atoms with Crippen LogP contribution in [0.3, 0.4) is 0 Å². The van der Waals surface area contributed by atoms with E-state index in [1.807, 2.05) is 6.08 Å². The standard InChI is InChI=1S/C10H19NO/c1-4-9(2)11-8-10(3)6-5-7-12-10/h4,9,11H,1,5-8H2,2-3H3. The van der Waals surface area contributed by atoms with Gasteiger partial charge in [-0.05, 0) is 26.7 Å². The molecule has 0 radical (unpaired) electrons. The third-order valence-electron chi connectivity index (χ3n) is 2.45. The fourth-order valence-corrected chi connectivity index (χ4v) is 1.44. The molecule has 70 valence electrons. The van der Waals surface area contributed by atoms with Crippen molar-refractivity contribution in [3.05, 3.63) is 12.7 Å². The molecule has 0 aromatic rings. The molecule has 2 unspecified atom stereocenters. The zero-order valence-corrected chi connectivity index (χ0v) is 8.10. The van der Waals surface area contributed by atoms with E-state index in [4.69, 9.17) is 4.74 Å². The predicted octanol–water partition coefficient (Wildman–Crippen LogP) is 1.72. The summed E-state index contributed by atoms with van der Waals surface area (Å²) in [4.78, 5) is 0. The van der Waals surface area contributed by atoms with E-state index in [9.17, 15) is 0 Å². The van der Waals surface area contributed by atoms with Crippen LogP contribution in [0.15, 0.2) is 12.7 Å². The Morgan fingerprint density at radius 1 is 1.75 bits per heavy atom. The fourth-order valence-electron chi connectivity index (χ4n) is 1.44. The molecule has 1 fully saturated rings. The minimum absolute atomic E-state index is 0.0667. The number of hydrogen-bond donors (Lipinski definition) is 1. The monoisotopic (exact) mass is 169 g/mol. The highest BCUT2D eigenvalue weighted by Crippen LogP contribution is 2.23. The van der Waals surface area contributed by atoms with E-state index in [2.05, 4.69) is 25.7 Å². The number of ether oxygens (including phenoxy) is 1. The van der Waals surface area contributed by atoms with Gasteiger partial charge in [0, 0.05) is 19.2 Å². The summed E-state index contributed by atoms with van der Waals surface area (Å²) >= 11 is 0. The molecule has 1 heterocycles. The van der Waals surface area contributed by atoms with Gasteiger partial charge in [0.25, 0.3) is 0 Å². The van der Waals surface area contributed by atoms with E-state index in [0.717, 1.165) is 13.2 Å². The average molecular weight is 169 g/mol. The molecule has 0 saturated carbocycles. The molecule has 0 spiro atoms. The van der Waals surface area contributed by atoms with Crippen LogP contribution in [0.25, 0.3) is 0 Å². The highest BCUT2D eigenvalue weighted by molar-refractivity contribution is 4.87. The molecule has 1 saturated heterocycles. The predicted molar refractivity (Wildman–Crippen MR) is 51.3 cm³/mol. The summed E-state index contributed by atoms with van der Waals surface area (Å²) in [5, 5.41) is 3.37. The molecule has 0 aromatic heterocycles. The Morgan fingerprint density at radius 2 is 2.50 bits per heavy atom. The van der Waals surface area contributed by atoms with Crippen LogP contribution in [0.1, 0.15) is 26.7 Å². The fraction of sp³-hybridized carbons (Fsp3) is 0.800. The van der Waals surface area contributed by atoms with Gasteiger partial charge in [-0.15, -0.1) is 6.58 Å². The van der Waals surface area contributed by atoms with Gasteiger partial charge in [-0.3, -0.25) is 0 Å². The second kappa shape index (κ2) is 4.06. The van der Waals surface area contributed by atoms with Crippen molar-refractivity contribution < 1.29 is 4.74 Å². The van der Waals surface area contributed by atoms with Gasteiger partial charge < -0.3 is 10.1 Å². The minimum Gasteiger partial charge on any atom is -0.374 e. The topological polar surface area (TPSA) is 21.3 Å². The Morgan fingerprint density at radius 3 is 3.00 bits per heavy atom. The Hall–Kier alpha value is -0.340. The van der Waals surface area contributed by atoms with E-state index in [1.54, 1.807) is 0 Å². The summed E-state index contributed by atoms with van der Waals surface area (Å²) in [6, 6.07) is 0.381. The lowest BCUT2D eigenvalue weighted by Crippen LogP contribution is -2.40. The van der Waals surface area contributed by atoms with Gasteiger partial charge in [-0.2, -0.15) is 0 Å². The van der Waals surface area contributed by atoms with Gasteiger partial charge >= 0.3 is 0 Å². The SMILES string of the molecule is C=CC(C)NCC1(C)CCCO1. The van der Waals surface area contributed by atoms with Gasteiger partial charge in [0.1, 0.15) is 0 Å².